The first kappa shape index (κ1) is 28.0. The van der Waals surface area contributed by atoms with Gasteiger partial charge in [-0.3, -0.25) is 0 Å². The molecule has 0 aliphatic rings. The number of rotatable bonds is 23. The van der Waals surface area contributed by atoms with E-state index in [1.165, 1.54) is 135 Å². The molecule has 0 N–H and O–H groups in total. The summed E-state index contributed by atoms with van der Waals surface area (Å²) in [5, 5.41) is 0. The van der Waals surface area contributed by atoms with Gasteiger partial charge < -0.3 is 4.74 Å². The minimum Gasteiger partial charge on any atom is -0.376 e. The van der Waals surface area contributed by atoms with Gasteiger partial charge in [0.1, 0.15) is 0 Å². The van der Waals surface area contributed by atoms with E-state index in [-0.39, 0.29) is 5.60 Å². The molecule has 0 aromatic carbocycles. The monoisotopic (exact) mass is 396 g/mol. The van der Waals surface area contributed by atoms with E-state index in [0.29, 0.717) is 0 Å². The second-order valence-corrected chi connectivity index (χ2v) is 9.72. The van der Waals surface area contributed by atoms with Crippen molar-refractivity contribution in [3.05, 3.63) is 0 Å². The summed E-state index contributed by atoms with van der Waals surface area (Å²) in [7, 11) is 0. The normalized spacial score (nSPS) is 12.0. The van der Waals surface area contributed by atoms with Crippen LogP contribution >= 0.6 is 0 Å². The smallest absolute Gasteiger partial charge is 0.0626 e. The molecule has 0 saturated heterocycles. The zero-order valence-electron chi connectivity index (χ0n) is 20.5. The highest BCUT2D eigenvalue weighted by molar-refractivity contribution is 4.68. The molecule has 170 valence electrons. The number of ether oxygens (including phenoxy) is 1. The van der Waals surface area contributed by atoms with Crippen molar-refractivity contribution in [2.24, 2.45) is 0 Å². The molecule has 0 spiro atoms. The Morgan fingerprint density at radius 2 is 0.750 bits per heavy atom. The topological polar surface area (TPSA) is 9.23 Å². The Labute approximate surface area is 179 Å². The minimum atomic E-state index is 0.0828. The molecule has 0 saturated carbocycles. The van der Waals surface area contributed by atoms with Gasteiger partial charge in [-0.2, -0.15) is 0 Å². The lowest BCUT2D eigenvalue weighted by Gasteiger charge is -2.25. The largest absolute Gasteiger partial charge is 0.376 e. The van der Waals surface area contributed by atoms with Gasteiger partial charge in [-0.1, -0.05) is 136 Å². The van der Waals surface area contributed by atoms with Gasteiger partial charge in [0.15, 0.2) is 0 Å². The molecule has 0 aliphatic heterocycles. The highest BCUT2D eigenvalue weighted by Gasteiger charge is 2.17. The zero-order valence-corrected chi connectivity index (χ0v) is 20.5. The standard InChI is InChI=1S/C27H56O/c1-5-7-9-11-13-15-17-19-21-23-25-27(3,4)28-26-24-22-20-18-16-14-12-10-8-6-2/h5-26H2,1-4H3. The molecule has 0 aromatic heterocycles. The van der Waals surface area contributed by atoms with Crippen LogP contribution in [-0.4, -0.2) is 12.2 Å². The van der Waals surface area contributed by atoms with Crippen LogP contribution in [-0.2, 0) is 4.74 Å². The van der Waals surface area contributed by atoms with E-state index >= 15 is 0 Å². The Morgan fingerprint density at radius 3 is 1.14 bits per heavy atom. The lowest BCUT2D eigenvalue weighted by atomic mass is 9.99. The maximum atomic E-state index is 6.18. The minimum absolute atomic E-state index is 0.0828. The van der Waals surface area contributed by atoms with Crippen LogP contribution in [0.15, 0.2) is 0 Å². The van der Waals surface area contributed by atoms with Gasteiger partial charge in [-0.15, -0.1) is 0 Å². The van der Waals surface area contributed by atoms with E-state index in [4.69, 9.17) is 4.74 Å². The molecule has 0 bridgehead atoms. The fraction of sp³-hybridized carbons (Fsp3) is 1.00. The van der Waals surface area contributed by atoms with E-state index < -0.39 is 0 Å². The average Bonchev–Trinajstić information content (AvgIpc) is 2.67. The summed E-state index contributed by atoms with van der Waals surface area (Å²) in [5.41, 5.74) is 0.0828. The third-order valence-electron chi connectivity index (χ3n) is 6.12. The maximum Gasteiger partial charge on any atom is 0.0626 e. The number of hydrogen-bond donors (Lipinski definition) is 0. The second-order valence-electron chi connectivity index (χ2n) is 9.72. The van der Waals surface area contributed by atoms with Gasteiger partial charge in [-0.05, 0) is 26.7 Å². The summed E-state index contributed by atoms with van der Waals surface area (Å²) in [6.07, 6.45) is 29.4. The van der Waals surface area contributed by atoms with E-state index in [0.717, 1.165) is 6.61 Å². The van der Waals surface area contributed by atoms with E-state index in [9.17, 15) is 0 Å². The van der Waals surface area contributed by atoms with Gasteiger partial charge in [-0.25, -0.2) is 0 Å². The number of hydrogen-bond acceptors (Lipinski definition) is 1. The average molecular weight is 397 g/mol. The fourth-order valence-electron chi connectivity index (χ4n) is 4.05. The summed E-state index contributed by atoms with van der Waals surface area (Å²) in [4.78, 5) is 0. The summed E-state index contributed by atoms with van der Waals surface area (Å²) >= 11 is 0. The molecule has 0 fully saturated rings. The molecule has 1 nitrogen and oxygen atoms in total. The molecule has 0 radical (unpaired) electrons. The molecule has 0 aromatic rings. The quantitative estimate of drug-likeness (QED) is 0.156. The van der Waals surface area contributed by atoms with Crippen LogP contribution in [0, 0.1) is 0 Å². The molecular weight excluding hydrogens is 340 g/mol. The Morgan fingerprint density at radius 1 is 0.429 bits per heavy atom. The van der Waals surface area contributed by atoms with Crippen molar-refractivity contribution in [3.63, 3.8) is 0 Å². The predicted octanol–water partition coefficient (Wildman–Crippen LogP) is 10.0. The summed E-state index contributed by atoms with van der Waals surface area (Å²) < 4.78 is 6.18. The van der Waals surface area contributed by atoms with Crippen molar-refractivity contribution in [2.45, 2.75) is 168 Å². The highest BCUT2D eigenvalue weighted by Crippen LogP contribution is 2.20. The lowest BCUT2D eigenvalue weighted by molar-refractivity contribution is -0.0266. The molecule has 1 heteroatoms. The second kappa shape index (κ2) is 21.7. The van der Waals surface area contributed by atoms with Crippen LogP contribution in [0.1, 0.15) is 163 Å². The zero-order chi connectivity index (χ0) is 20.8. The van der Waals surface area contributed by atoms with Gasteiger partial charge in [0.25, 0.3) is 0 Å². The van der Waals surface area contributed by atoms with Gasteiger partial charge >= 0.3 is 0 Å². The molecule has 0 heterocycles. The van der Waals surface area contributed by atoms with Crippen LogP contribution in [0.4, 0.5) is 0 Å². The van der Waals surface area contributed by atoms with Crippen molar-refractivity contribution < 1.29 is 4.74 Å². The third kappa shape index (κ3) is 22.3. The predicted molar refractivity (Wildman–Crippen MR) is 128 cm³/mol. The Kier molecular flexibility index (Phi) is 21.6. The van der Waals surface area contributed by atoms with Crippen molar-refractivity contribution in [1.82, 2.24) is 0 Å². The van der Waals surface area contributed by atoms with Gasteiger partial charge in [0.2, 0.25) is 0 Å². The van der Waals surface area contributed by atoms with Crippen molar-refractivity contribution in [2.75, 3.05) is 6.61 Å². The Bertz CT molecular complexity index is 284. The SMILES string of the molecule is CCCCCCCCCCCCOC(C)(C)CCCCCCCCCCCC. The molecule has 28 heavy (non-hydrogen) atoms. The van der Waals surface area contributed by atoms with Gasteiger partial charge in [0, 0.05) is 6.61 Å². The van der Waals surface area contributed by atoms with Crippen molar-refractivity contribution in [3.8, 4) is 0 Å². The molecule has 0 amide bonds. The number of unbranched alkanes of at least 4 members (excludes halogenated alkanes) is 18. The summed E-state index contributed by atoms with van der Waals surface area (Å²) in [6, 6.07) is 0. The Balaban J connectivity index is 3.30. The third-order valence-corrected chi connectivity index (χ3v) is 6.12. The molecule has 0 rings (SSSR count). The van der Waals surface area contributed by atoms with E-state index in [1.54, 1.807) is 0 Å². The molecule has 0 aliphatic carbocycles. The van der Waals surface area contributed by atoms with E-state index in [1.807, 2.05) is 0 Å². The van der Waals surface area contributed by atoms with Crippen LogP contribution in [0.3, 0.4) is 0 Å². The molecular formula is C27H56O. The maximum absolute atomic E-state index is 6.18. The van der Waals surface area contributed by atoms with Crippen LogP contribution in [0.25, 0.3) is 0 Å². The van der Waals surface area contributed by atoms with Gasteiger partial charge in [0.05, 0.1) is 5.60 Å². The molecule has 0 atom stereocenters. The first-order chi connectivity index (χ1) is 13.6. The van der Waals surface area contributed by atoms with E-state index in [2.05, 4.69) is 27.7 Å². The van der Waals surface area contributed by atoms with Crippen LogP contribution < -0.4 is 0 Å². The highest BCUT2D eigenvalue weighted by atomic mass is 16.5. The summed E-state index contributed by atoms with van der Waals surface area (Å²) in [5.74, 6) is 0. The van der Waals surface area contributed by atoms with Crippen molar-refractivity contribution >= 4 is 0 Å². The van der Waals surface area contributed by atoms with Crippen molar-refractivity contribution in [1.29, 1.82) is 0 Å². The molecule has 0 unspecified atom stereocenters. The van der Waals surface area contributed by atoms with Crippen LogP contribution in [0.2, 0.25) is 0 Å². The summed E-state index contributed by atoms with van der Waals surface area (Å²) in [6.45, 7) is 10.1. The first-order valence-corrected chi connectivity index (χ1v) is 13.3. The first-order valence-electron chi connectivity index (χ1n) is 13.3. The Hall–Kier alpha value is -0.0400. The van der Waals surface area contributed by atoms with Crippen LogP contribution in [0.5, 0.6) is 0 Å². The lowest BCUT2D eigenvalue weighted by Crippen LogP contribution is -2.24. The fourth-order valence-corrected chi connectivity index (χ4v) is 4.05.